The summed E-state index contributed by atoms with van der Waals surface area (Å²) in [6, 6.07) is 14.0. The fraction of sp³-hybridized carbons (Fsp3) is 0.125. The molecule has 22 heavy (non-hydrogen) atoms. The Bertz CT molecular complexity index is 789. The predicted molar refractivity (Wildman–Crippen MR) is 95.8 cm³/mol. The normalized spacial score (nSPS) is 11.2. The highest BCUT2D eigenvalue weighted by Gasteiger charge is 2.02. The summed E-state index contributed by atoms with van der Waals surface area (Å²) in [4.78, 5) is 9.62. The lowest BCUT2D eigenvalue weighted by atomic mass is 10.2. The molecular formula is C16H16BrN5. The summed E-state index contributed by atoms with van der Waals surface area (Å²) in [5.74, 6) is 0.626. The molecule has 2 aromatic carbocycles. The van der Waals surface area contributed by atoms with Gasteiger partial charge in [0.05, 0.1) is 22.9 Å². The fourth-order valence-electron chi connectivity index (χ4n) is 2.14. The van der Waals surface area contributed by atoms with Gasteiger partial charge in [0.2, 0.25) is 5.95 Å². The number of benzene rings is 2. The Hall–Kier alpha value is -2.34. The van der Waals surface area contributed by atoms with Crippen molar-refractivity contribution in [2.45, 2.75) is 0 Å². The number of H-pyrrole nitrogens is 1. The second kappa shape index (κ2) is 6.19. The maximum atomic E-state index is 4.40. The molecule has 5 nitrogen and oxygen atoms in total. The summed E-state index contributed by atoms with van der Waals surface area (Å²) in [6.45, 7) is 0. The number of hydrazone groups is 1. The molecule has 112 valence electrons. The van der Waals surface area contributed by atoms with E-state index in [1.54, 1.807) is 6.21 Å². The van der Waals surface area contributed by atoms with Crippen LogP contribution in [0.1, 0.15) is 5.56 Å². The Morgan fingerprint density at radius 3 is 2.77 bits per heavy atom. The number of hydrogen-bond donors (Lipinski definition) is 2. The first-order chi connectivity index (χ1) is 10.6. The van der Waals surface area contributed by atoms with E-state index in [4.69, 9.17) is 0 Å². The number of anilines is 2. The van der Waals surface area contributed by atoms with Crippen LogP contribution in [0.25, 0.3) is 11.0 Å². The van der Waals surface area contributed by atoms with E-state index in [1.165, 1.54) is 0 Å². The van der Waals surface area contributed by atoms with Gasteiger partial charge < -0.3 is 9.88 Å². The molecule has 2 N–H and O–H groups in total. The zero-order valence-corrected chi connectivity index (χ0v) is 13.9. The van der Waals surface area contributed by atoms with Gasteiger partial charge >= 0.3 is 0 Å². The molecule has 0 amide bonds. The van der Waals surface area contributed by atoms with Crippen LogP contribution in [0.4, 0.5) is 11.6 Å². The number of imidazole rings is 1. The van der Waals surface area contributed by atoms with Crippen LogP contribution in [0.2, 0.25) is 0 Å². The number of rotatable bonds is 4. The molecular weight excluding hydrogens is 342 g/mol. The summed E-state index contributed by atoms with van der Waals surface area (Å²) >= 11 is 3.57. The number of nitrogens with one attached hydrogen (secondary N) is 2. The van der Waals surface area contributed by atoms with E-state index in [0.717, 1.165) is 26.8 Å². The highest BCUT2D eigenvalue weighted by atomic mass is 79.9. The molecule has 0 atom stereocenters. The maximum Gasteiger partial charge on any atom is 0.222 e. The molecule has 0 aliphatic carbocycles. The highest BCUT2D eigenvalue weighted by molar-refractivity contribution is 9.10. The lowest BCUT2D eigenvalue weighted by Crippen LogP contribution is -2.09. The van der Waals surface area contributed by atoms with E-state index >= 15 is 0 Å². The number of fused-ring (bicyclic) bond motifs is 1. The van der Waals surface area contributed by atoms with Gasteiger partial charge in [-0.2, -0.15) is 5.10 Å². The van der Waals surface area contributed by atoms with Gasteiger partial charge in [0.15, 0.2) is 0 Å². The summed E-state index contributed by atoms with van der Waals surface area (Å²) in [7, 11) is 4.02. The quantitative estimate of drug-likeness (QED) is 0.550. The van der Waals surface area contributed by atoms with E-state index in [0.29, 0.717) is 5.95 Å². The molecule has 3 aromatic rings. The first-order valence-electron chi connectivity index (χ1n) is 6.84. The van der Waals surface area contributed by atoms with Gasteiger partial charge in [-0.3, -0.25) is 0 Å². The minimum absolute atomic E-state index is 0.626. The molecule has 3 rings (SSSR count). The highest BCUT2D eigenvalue weighted by Crippen LogP contribution is 2.25. The van der Waals surface area contributed by atoms with Crippen molar-refractivity contribution < 1.29 is 0 Å². The van der Waals surface area contributed by atoms with Gasteiger partial charge in [-0.1, -0.05) is 18.2 Å². The standard InChI is InChI=1S/C16H16BrN5/c1-22(2)15-8-7-11(9-12(15)17)10-18-21-16-19-13-5-3-4-6-14(13)20-16/h3-10H,1-2H3,(H2,19,20,21). The second-order valence-electron chi connectivity index (χ2n) is 5.08. The number of hydrogen-bond acceptors (Lipinski definition) is 4. The van der Waals surface area contributed by atoms with E-state index in [-0.39, 0.29) is 0 Å². The van der Waals surface area contributed by atoms with E-state index < -0.39 is 0 Å². The second-order valence-corrected chi connectivity index (χ2v) is 5.93. The van der Waals surface area contributed by atoms with Gasteiger partial charge in [-0.25, -0.2) is 10.4 Å². The molecule has 0 bridgehead atoms. The summed E-state index contributed by atoms with van der Waals surface area (Å²) < 4.78 is 1.03. The Kier molecular flexibility index (Phi) is 4.11. The van der Waals surface area contributed by atoms with Crippen LogP contribution in [0.5, 0.6) is 0 Å². The van der Waals surface area contributed by atoms with Crippen molar-refractivity contribution in [1.82, 2.24) is 9.97 Å². The minimum atomic E-state index is 0.626. The Morgan fingerprint density at radius 1 is 1.23 bits per heavy atom. The van der Waals surface area contributed by atoms with Crippen molar-refractivity contribution >= 4 is 44.8 Å². The van der Waals surface area contributed by atoms with Crippen LogP contribution in [-0.4, -0.2) is 30.3 Å². The molecule has 0 fully saturated rings. The molecule has 1 aromatic heterocycles. The van der Waals surface area contributed by atoms with Crippen molar-refractivity contribution in [3.8, 4) is 0 Å². The van der Waals surface area contributed by atoms with Gasteiger partial charge in [0, 0.05) is 18.6 Å². The van der Waals surface area contributed by atoms with Gasteiger partial charge in [-0.15, -0.1) is 0 Å². The number of para-hydroxylation sites is 2. The lowest BCUT2D eigenvalue weighted by Gasteiger charge is -2.14. The molecule has 0 unspecified atom stereocenters. The molecule has 0 spiro atoms. The summed E-state index contributed by atoms with van der Waals surface area (Å²) in [5, 5.41) is 4.22. The molecule has 0 saturated carbocycles. The van der Waals surface area contributed by atoms with Crippen molar-refractivity contribution in [1.29, 1.82) is 0 Å². The Labute approximate surface area is 137 Å². The number of aromatic amines is 1. The number of halogens is 1. The van der Waals surface area contributed by atoms with Gasteiger partial charge in [-0.05, 0) is 45.8 Å². The van der Waals surface area contributed by atoms with Crippen LogP contribution in [0.3, 0.4) is 0 Å². The smallest absolute Gasteiger partial charge is 0.222 e. The van der Waals surface area contributed by atoms with E-state index in [2.05, 4.69) is 41.3 Å². The number of nitrogens with zero attached hydrogens (tertiary/aromatic N) is 3. The third-order valence-electron chi connectivity index (χ3n) is 3.23. The fourth-order valence-corrected chi connectivity index (χ4v) is 2.89. The average Bonchev–Trinajstić information content (AvgIpc) is 2.89. The van der Waals surface area contributed by atoms with Crippen LogP contribution in [0.15, 0.2) is 52.0 Å². The van der Waals surface area contributed by atoms with Crippen molar-refractivity contribution in [3.05, 3.63) is 52.5 Å². The van der Waals surface area contributed by atoms with E-state index in [9.17, 15) is 0 Å². The van der Waals surface area contributed by atoms with Crippen LogP contribution < -0.4 is 10.3 Å². The van der Waals surface area contributed by atoms with Crippen LogP contribution in [-0.2, 0) is 0 Å². The minimum Gasteiger partial charge on any atom is -0.377 e. The van der Waals surface area contributed by atoms with Crippen molar-refractivity contribution in [2.24, 2.45) is 5.10 Å². The van der Waals surface area contributed by atoms with Crippen LogP contribution in [0, 0.1) is 0 Å². The average molecular weight is 358 g/mol. The first-order valence-corrected chi connectivity index (χ1v) is 7.63. The zero-order valence-electron chi connectivity index (χ0n) is 12.3. The number of aromatic nitrogens is 2. The van der Waals surface area contributed by atoms with Gasteiger partial charge in [0.1, 0.15) is 0 Å². The lowest BCUT2D eigenvalue weighted by molar-refractivity contribution is 1.12. The third-order valence-corrected chi connectivity index (χ3v) is 3.86. The topological polar surface area (TPSA) is 56.3 Å². The Balaban J connectivity index is 1.73. The molecule has 0 radical (unpaired) electrons. The Morgan fingerprint density at radius 2 is 2.05 bits per heavy atom. The molecule has 0 aliphatic rings. The first kappa shape index (κ1) is 14.6. The molecule has 6 heteroatoms. The molecule has 1 heterocycles. The van der Waals surface area contributed by atoms with Gasteiger partial charge in [0.25, 0.3) is 0 Å². The summed E-state index contributed by atoms with van der Waals surface area (Å²) in [5.41, 5.74) is 6.94. The largest absolute Gasteiger partial charge is 0.377 e. The molecule has 0 saturated heterocycles. The SMILES string of the molecule is CN(C)c1ccc(C=NNc2nc3ccccc3[nH]2)cc1Br. The third kappa shape index (κ3) is 3.12. The maximum absolute atomic E-state index is 4.40. The zero-order chi connectivity index (χ0) is 15.5. The van der Waals surface area contributed by atoms with Crippen molar-refractivity contribution in [3.63, 3.8) is 0 Å². The van der Waals surface area contributed by atoms with Crippen molar-refractivity contribution in [2.75, 3.05) is 24.4 Å². The monoisotopic (exact) mass is 357 g/mol. The summed E-state index contributed by atoms with van der Waals surface area (Å²) in [6.07, 6.45) is 1.76. The molecule has 0 aliphatic heterocycles. The van der Waals surface area contributed by atoms with Crippen LogP contribution >= 0.6 is 15.9 Å². The van der Waals surface area contributed by atoms with E-state index in [1.807, 2.05) is 56.6 Å². The predicted octanol–water partition coefficient (Wildman–Crippen LogP) is 3.84.